The van der Waals surface area contributed by atoms with Crippen molar-refractivity contribution in [2.24, 2.45) is 0 Å². The van der Waals surface area contributed by atoms with Crippen molar-refractivity contribution in [2.75, 3.05) is 0 Å². The van der Waals surface area contributed by atoms with E-state index in [1.807, 2.05) is 30.3 Å². The molecule has 0 atom stereocenters. The summed E-state index contributed by atoms with van der Waals surface area (Å²) in [4.78, 5) is 23.2. The molecule has 94 valence electrons. The van der Waals surface area contributed by atoms with Crippen molar-refractivity contribution in [3.8, 4) is 11.3 Å². The summed E-state index contributed by atoms with van der Waals surface area (Å²) in [5.74, 6) is -0.274. The van der Waals surface area contributed by atoms with Crippen LogP contribution in [-0.4, -0.2) is 25.3 Å². The van der Waals surface area contributed by atoms with Crippen molar-refractivity contribution in [3.63, 3.8) is 0 Å². The van der Waals surface area contributed by atoms with Gasteiger partial charge >= 0.3 is 0 Å². The number of nitrogens with zero attached hydrogens (tertiary/aromatic N) is 4. The molecule has 0 radical (unpaired) electrons. The quantitative estimate of drug-likeness (QED) is 0.654. The number of hydrogen-bond acceptors (Lipinski definition) is 4. The molecule has 19 heavy (non-hydrogen) atoms. The molecule has 0 aliphatic rings. The molecule has 0 saturated heterocycles. The summed E-state index contributed by atoms with van der Waals surface area (Å²) in [6, 6.07) is 11.1. The number of aromatic nitrogens is 4. The van der Waals surface area contributed by atoms with Gasteiger partial charge in [-0.3, -0.25) is 9.59 Å². The third-order valence-corrected chi connectivity index (χ3v) is 2.77. The first-order valence-corrected chi connectivity index (χ1v) is 5.71. The van der Waals surface area contributed by atoms with Crippen LogP contribution in [-0.2, 0) is 0 Å². The molecule has 0 bridgehead atoms. The maximum Gasteiger partial charge on any atom is 0.293 e. The van der Waals surface area contributed by atoms with Crippen molar-refractivity contribution >= 4 is 11.6 Å². The van der Waals surface area contributed by atoms with Crippen LogP contribution in [0.25, 0.3) is 16.9 Å². The zero-order valence-corrected chi connectivity index (χ0v) is 10.1. The fourth-order valence-corrected chi connectivity index (χ4v) is 1.90. The Labute approximate surface area is 107 Å². The first-order valence-electron chi connectivity index (χ1n) is 5.71. The van der Waals surface area contributed by atoms with Gasteiger partial charge in [0.1, 0.15) is 6.20 Å². The summed E-state index contributed by atoms with van der Waals surface area (Å²) in [6.45, 7) is 1.38. The van der Waals surface area contributed by atoms with E-state index in [-0.39, 0.29) is 11.5 Å². The van der Waals surface area contributed by atoms with Crippen molar-refractivity contribution in [1.29, 1.82) is 0 Å². The number of carbonyl (C=O) groups is 1. The zero-order valence-electron chi connectivity index (χ0n) is 10.1. The molecule has 6 heteroatoms. The van der Waals surface area contributed by atoms with Crippen LogP contribution < -0.4 is 5.56 Å². The van der Waals surface area contributed by atoms with E-state index in [0.717, 1.165) is 16.4 Å². The van der Waals surface area contributed by atoms with Crippen LogP contribution in [0.3, 0.4) is 0 Å². The largest absolute Gasteiger partial charge is 0.293 e. The summed E-state index contributed by atoms with van der Waals surface area (Å²) in [5.41, 5.74) is 1.50. The second kappa shape index (κ2) is 4.16. The average Bonchev–Trinajstić information content (AvgIpc) is 2.85. The second-order valence-electron chi connectivity index (χ2n) is 4.08. The van der Waals surface area contributed by atoms with E-state index in [2.05, 4.69) is 10.2 Å². The highest BCUT2D eigenvalue weighted by Gasteiger charge is 2.11. The number of benzene rings is 1. The molecule has 3 aromatic rings. The highest BCUT2D eigenvalue weighted by Crippen LogP contribution is 2.17. The van der Waals surface area contributed by atoms with Gasteiger partial charge in [-0.25, -0.2) is 0 Å². The van der Waals surface area contributed by atoms with Gasteiger partial charge in [-0.15, -0.1) is 0 Å². The lowest BCUT2D eigenvalue weighted by Gasteiger charge is -1.99. The standard InChI is InChI=1S/C13H10N4O2/c1-9(18)16-12-7-11(10-5-3-2-4-6-10)15-17(12)13(19)8-14-16/h2-8H,1H3. The Morgan fingerprint density at radius 1 is 1.21 bits per heavy atom. The van der Waals surface area contributed by atoms with E-state index in [1.54, 1.807) is 6.07 Å². The highest BCUT2D eigenvalue weighted by atomic mass is 16.2. The molecular formula is C13H10N4O2. The van der Waals surface area contributed by atoms with E-state index in [4.69, 9.17) is 0 Å². The molecule has 2 aromatic heterocycles. The van der Waals surface area contributed by atoms with E-state index in [1.165, 1.54) is 11.4 Å². The SMILES string of the molecule is CC(=O)n1ncc(=O)n2nc(-c3ccccc3)cc12. The van der Waals surface area contributed by atoms with Crippen LogP contribution in [0.5, 0.6) is 0 Å². The van der Waals surface area contributed by atoms with Crippen LogP contribution >= 0.6 is 0 Å². The molecule has 3 rings (SSSR count). The predicted molar refractivity (Wildman–Crippen MR) is 69.0 cm³/mol. The van der Waals surface area contributed by atoms with Gasteiger partial charge in [0.25, 0.3) is 5.56 Å². The minimum atomic E-state index is -0.366. The molecule has 0 amide bonds. The number of fused-ring (bicyclic) bond motifs is 1. The molecule has 2 heterocycles. The van der Waals surface area contributed by atoms with E-state index in [0.29, 0.717) is 11.3 Å². The van der Waals surface area contributed by atoms with Gasteiger partial charge in [-0.2, -0.15) is 19.4 Å². The minimum Gasteiger partial charge on any atom is -0.273 e. The Morgan fingerprint density at radius 3 is 2.63 bits per heavy atom. The molecule has 0 aliphatic carbocycles. The molecular weight excluding hydrogens is 244 g/mol. The number of carbonyl (C=O) groups excluding carboxylic acids is 1. The monoisotopic (exact) mass is 254 g/mol. The van der Waals surface area contributed by atoms with E-state index in [9.17, 15) is 9.59 Å². The van der Waals surface area contributed by atoms with Crippen molar-refractivity contribution in [3.05, 3.63) is 52.9 Å². The predicted octanol–water partition coefficient (Wildman–Crippen LogP) is 1.22. The molecule has 0 fully saturated rings. The Hall–Kier alpha value is -2.76. The van der Waals surface area contributed by atoms with Crippen LogP contribution in [0.2, 0.25) is 0 Å². The van der Waals surface area contributed by atoms with Gasteiger partial charge in [0.2, 0.25) is 5.91 Å². The van der Waals surface area contributed by atoms with Crippen LogP contribution in [0.15, 0.2) is 47.4 Å². The maximum atomic E-state index is 11.7. The smallest absolute Gasteiger partial charge is 0.273 e. The van der Waals surface area contributed by atoms with Crippen molar-refractivity contribution < 1.29 is 4.79 Å². The summed E-state index contributed by atoms with van der Waals surface area (Å²) >= 11 is 0. The molecule has 0 unspecified atom stereocenters. The molecule has 0 saturated carbocycles. The normalized spacial score (nSPS) is 10.8. The maximum absolute atomic E-state index is 11.7. The third kappa shape index (κ3) is 1.83. The van der Waals surface area contributed by atoms with Crippen LogP contribution in [0.4, 0.5) is 0 Å². The molecule has 0 aliphatic heterocycles. The number of hydrogen-bond donors (Lipinski definition) is 0. The Morgan fingerprint density at radius 2 is 1.95 bits per heavy atom. The van der Waals surface area contributed by atoms with E-state index >= 15 is 0 Å². The summed E-state index contributed by atoms with van der Waals surface area (Å²) < 4.78 is 2.33. The lowest BCUT2D eigenvalue weighted by molar-refractivity contribution is 0.0923. The molecule has 0 spiro atoms. The van der Waals surface area contributed by atoms with Crippen LogP contribution in [0, 0.1) is 0 Å². The topological polar surface area (TPSA) is 69.3 Å². The van der Waals surface area contributed by atoms with Gasteiger partial charge in [0, 0.05) is 18.6 Å². The molecule has 6 nitrogen and oxygen atoms in total. The lowest BCUT2D eigenvalue weighted by Crippen LogP contribution is -2.22. The third-order valence-electron chi connectivity index (χ3n) is 2.77. The van der Waals surface area contributed by atoms with Gasteiger partial charge < -0.3 is 0 Å². The zero-order chi connectivity index (χ0) is 13.4. The van der Waals surface area contributed by atoms with Crippen molar-refractivity contribution in [1.82, 2.24) is 19.4 Å². The Kier molecular flexibility index (Phi) is 2.49. The average molecular weight is 254 g/mol. The lowest BCUT2D eigenvalue weighted by atomic mass is 10.2. The van der Waals surface area contributed by atoms with E-state index < -0.39 is 0 Å². The first kappa shape index (κ1) is 11.3. The first-order chi connectivity index (χ1) is 9.16. The van der Waals surface area contributed by atoms with Gasteiger partial charge in [0.15, 0.2) is 5.65 Å². The highest BCUT2D eigenvalue weighted by molar-refractivity contribution is 5.80. The van der Waals surface area contributed by atoms with Crippen molar-refractivity contribution in [2.45, 2.75) is 6.92 Å². The Balaban J connectivity index is 2.32. The fraction of sp³-hybridized carbons (Fsp3) is 0.0769. The van der Waals surface area contributed by atoms with Gasteiger partial charge in [-0.05, 0) is 0 Å². The summed E-state index contributed by atoms with van der Waals surface area (Å²) in [5, 5.41) is 8.02. The molecule has 1 aromatic carbocycles. The van der Waals surface area contributed by atoms with Gasteiger partial charge in [0.05, 0.1) is 5.69 Å². The molecule has 0 N–H and O–H groups in total. The summed E-state index contributed by atoms with van der Waals surface area (Å²) in [6.07, 6.45) is 1.08. The van der Waals surface area contributed by atoms with Gasteiger partial charge in [-0.1, -0.05) is 30.3 Å². The minimum absolute atomic E-state index is 0.274. The van der Waals surface area contributed by atoms with Crippen LogP contribution in [0.1, 0.15) is 11.7 Å². The number of rotatable bonds is 1. The Bertz CT molecular complexity index is 818. The summed E-state index contributed by atoms with van der Waals surface area (Å²) in [7, 11) is 0. The fourth-order valence-electron chi connectivity index (χ4n) is 1.90. The second-order valence-corrected chi connectivity index (χ2v) is 4.08.